The Labute approximate surface area is 130 Å². The van der Waals surface area contributed by atoms with Crippen LogP contribution in [0.3, 0.4) is 0 Å². The zero-order chi connectivity index (χ0) is 13.0. The van der Waals surface area contributed by atoms with Crippen molar-refractivity contribution >= 4 is 43.6 Å². The van der Waals surface area contributed by atoms with Crippen LogP contribution in [0.1, 0.15) is 18.9 Å². The highest BCUT2D eigenvalue weighted by Crippen LogP contribution is 2.34. The van der Waals surface area contributed by atoms with E-state index in [0.29, 0.717) is 12.6 Å². The van der Waals surface area contributed by atoms with E-state index in [9.17, 15) is 0 Å². The normalized spacial score (nSPS) is 19.2. The number of rotatable bonds is 5. The highest BCUT2D eigenvalue weighted by molar-refractivity contribution is 9.11. The van der Waals surface area contributed by atoms with Crippen molar-refractivity contribution in [1.29, 1.82) is 0 Å². The second-order valence-corrected chi connectivity index (χ2v) is 7.12. The van der Waals surface area contributed by atoms with E-state index in [2.05, 4.69) is 49.3 Å². The number of halogens is 2. The fraction of sp³-hybridized carbons (Fsp3) is 0.538. The molecule has 1 fully saturated rings. The van der Waals surface area contributed by atoms with Crippen LogP contribution >= 0.6 is 43.6 Å². The second-order valence-electron chi connectivity index (χ2n) is 4.26. The molecule has 2 nitrogen and oxygen atoms in total. The molecule has 1 N–H and O–H groups in total. The van der Waals surface area contributed by atoms with E-state index in [1.165, 1.54) is 23.5 Å². The maximum absolute atomic E-state index is 5.58. The lowest BCUT2D eigenvalue weighted by Crippen LogP contribution is -2.27. The van der Waals surface area contributed by atoms with Gasteiger partial charge in [-0.15, -0.1) is 0 Å². The minimum absolute atomic E-state index is 0.666. The molecule has 1 heterocycles. The van der Waals surface area contributed by atoms with Crippen LogP contribution in [0.2, 0.25) is 0 Å². The molecule has 1 atom stereocenters. The SMILES string of the molecule is CCOc1c(Br)cc(CNC2CCSC2)cc1Br. The fourth-order valence-corrected chi connectivity index (χ4v) is 4.65. The Morgan fingerprint density at radius 1 is 1.39 bits per heavy atom. The van der Waals surface area contributed by atoms with Crippen LogP contribution < -0.4 is 10.1 Å². The van der Waals surface area contributed by atoms with Crippen molar-refractivity contribution in [3.63, 3.8) is 0 Å². The zero-order valence-electron chi connectivity index (χ0n) is 10.3. The van der Waals surface area contributed by atoms with Crippen molar-refractivity contribution in [2.24, 2.45) is 0 Å². The second kappa shape index (κ2) is 7.17. The van der Waals surface area contributed by atoms with Crippen LogP contribution in [0.25, 0.3) is 0 Å². The Morgan fingerprint density at radius 3 is 2.67 bits per heavy atom. The summed E-state index contributed by atoms with van der Waals surface area (Å²) in [7, 11) is 0. The lowest BCUT2D eigenvalue weighted by molar-refractivity contribution is 0.336. The molecule has 100 valence electrons. The number of hydrogen-bond acceptors (Lipinski definition) is 3. The van der Waals surface area contributed by atoms with Crippen LogP contribution in [0, 0.1) is 0 Å². The molecule has 1 aliphatic rings. The molecule has 1 aliphatic heterocycles. The molecule has 18 heavy (non-hydrogen) atoms. The molecule has 0 radical (unpaired) electrons. The van der Waals surface area contributed by atoms with Crippen LogP contribution in [0.15, 0.2) is 21.1 Å². The van der Waals surface area contributed by atoms with Crippen molar-refractivity contribution in [2.45, 2.75) is 25.9 Å². The van der Waals surface area contributed by atoms with Crippen LogP contribution in [-0.2, 0) is 6.54 Å². The van der Waals surface area contributed by atoms with Gasteiger partial charge in [0.1, 0.15) is 5.75 Å². The van der Waals surface area contributed by atoms with Crippen molar-refractivity contribution in [1.82, 2.24) is 5.32 Å². The maximum Gasteiger partial charge on any atom is 0.147 e. The largest absolute Gasteiger partial charge is 0.492 e. The predicted molar refractivity (Wildman–Crippen MR) is 85.6 cm³/mol. The Hall–Kier alpha value is 0.290. The first kappa shape index (κ1) is 14.7. The summed E-state index contributed by atoms with van der Waals surface area (Å²) in [5.74, 6) is 3.41. The summed E-state index contributed by atoms with van der Waals surface area (Å²) in [4.78, 5) is 0. The molecule has 5 heteroatoms. The van der Waals surface area contributed by atoms with Gasteiger partial charge < -0.3 is 10.1 Å². The molecule has 0 spiro atoms. The lowest BCUT2D eigenvalue weighted by Gasteiger charge is -2.14. The average molecular weight is 395 g/mol. The number of benzene rings is 1. The third-order valence-electron chi connectivity index (χ3n) is 2.87. The Balaban J connectivity index is 2.00. The average Bonchev–Trinajstić information content (AvgIpc) is 2.84. The number of hydrogen-bond donors (Lipinski definition) is 1. The number of ether oxygens (including phenoxy) is 1. The Kier molecular flexibility index (Phi) is 5.86. The van der Waals surface area contributed by atoms with Gasteiger partial charge >= 0.3 is 0 Å². The molecule has 0 aliphatic carbocycles. The highest BCUT2D eigenvalue weighted by Gasteiger charge is 2.15. The van der Waals surface area contributed by atoms with Crippen LogP contribution in [0.5, 0.6) is 5.75 Å². The molecule has 0 amide bonds. The van der Waals surface area contributed by atoms with Crippen molar-refractivity contribution in [3.05, 3.63) is 26.6 Å². The summed E-state index contributed by atoms with van der Waals surface area (Å²) in [6.45, 7) is 3.58. The summed E-state index contributed by atoms with van der Waals surface area (Å²) in [5, 5.41) is 3.60. The van der Waals surface area contributed by atoms with Gasteiger partial charge in [0, 0.05) is 18.3 Å². The van der Waals surface area contributed by atoms with Gasteiger partial charge in [-0.2, -0.15) is 11.8 Å². The summed E-state index contributed by atoms with van der Waals surface area (Å²) in [6, 6.07) is 4.93. The van der Waals surface area contributed by atoms with E-state index in [0.717, 1.165) is 21.2 Å². The molecule has 2 rings (SSSR count). The quantitative estimate of drug-likeness (QED) is 0.808. The molecule has 0 bridgehead atoms. The van der Waals surface area contributed by atoms with Crippen LogP contribution in [0.4, 0.5) is 0 Å². The summed E-state index contributed by atoms with van der Waals surface area (Å²) in [6.07, 6.45) is 1.28. The molecular formula is C13H17Br2NOS. The highest BCUT2D eigenvalue weighted by atomic mass is 79.9. The molecular weight excluding hydrogens is 378 g/mol. The first-order valence-electron chi connectivity index (χ1n) is 6.12. The van der Waals surface area contributed by atoms with E-state index >= 15 is 0 Å². The molecule has 1 unspecified atom stereocenters. The van der Waals surface area contributed by atoms with Crippen molar-refractivity contribution in [3.8, 4) is 5.75 Å². The van der Waals surface area contributed by atoms with E-state index in [1.54, 1.807) is 0 Å². The molecule has 0 saturated carbocycles. The van der Waals surface area contributed by atoms with E-state index in [4.69, 9.17) is 4.74 Å². The summed E-state index contributed by atoms with van der Waals surface area (Å²) >= 11 is 9.16. The predicted octanol–water partition coefficient (Wildman–Crippen LogP) is 4.21. The Morgan fingerprint density at radius 2 is 2.11 bits per heavy atom. The number of thioether (sulfide) groups is 1. The zero-order valence-corrected chi connectivity index (χ0v) is 14.3. The van der Waals surface area contributed by atoms with E-state index in [1.807, 2.05) is 18.7 Å². The monoisotopic (exact) mass is 393 g/mol. The molecule has 1 aromatic rings. The van der Waals surface area contributed by atoms with Crippen LogP contribution in [-0.4, -0.2) is 24.2 Å². The minimum Gasteiger partial charge on any atom is -0.492 e. The Bertz CT molecular complexity index is 385. The van der Waals surface area contributed by atoms with Gasteiger partial charge in [0.25, 0.3) is 0 Å². The van der Waals surface area contributed by atoms with Crippen molar-refractivity contribution < 1.29 is 4.74 Å². The van der Waals surface area contributed by atoms with Gasteiger partial charge in [-0.1, -0.05) is 0 Å². The van der Waals surface area contributed by atoms with Gasteiger partial charge in [-0.25, -0.2) is 0 Å². The summed E-state index contributed by atoms with van der Waals surface area (Å²) < 4.78 is 7.60. The lowest BCUT2D eigenvalue weighted by atomic mass is 10.2. The van der Waals surface area contributed by atoms with Gasteiger partial charge in [0.05, 0.1) is 15.6 Å². The standard InChI is InChI=1S/C13H17Br2NOS/c1-2-17-13-11(14)5-9(6-12(13)15)7-16-10-3-4-18-8-10/h5-6,10,16H,2-4,7-8H2,1H3. The first-order chi connectivity index (χ1) is 8.70. The maximum atomic E-state index is 5.58. The third-order valence-corrected chi connectivity index (χ3v) is 5.21. The molecule has 1 saturated heterocycles. The topological polar surface area (TPSA) is 21.3 Å². The third kappa shape index (κ3) is 3.89. The first-order valence-corrected chi connectivity index (χ1v) is 8.86. The molecule has 0 aromatic heterocycles. The van der Waals surface area contributed by atoms with Gasteiger partial charge in [0.15, 0.2) is 0 Å². The van der Waals surface area contributed by atoms with E-state index in [-0.39, 0.29) is 0 Å². The fourth-order valence-electron chi connectivity index (χ4n) is 1.95. The molecule has 1 aromatic carbocycles. The minimum atomic E-state index is 0.666. The van der Waals surface area contributed by atoms with Gasteiger partial charge in [0.2, 0.25) is 0 Å². The van der Waals surface area contributed by atoms with Gasteiger partial charge in [-0.3, -0.25) is 0 Å². The van der Waals surface area contributed by atoms with Crippen molar-refractivity contribution in [2.75, 3.05) is 18.1 Å². The summed E-state index contributed by atoms with van der Waals surface area (Å²) in [5.41, 5.74) is 1.27. The van der Waals surface area contributed by atoms with E-state index < -0.39 is 0 Å². The van der Waals surface area contributed by atoms with Gasteiger partial charge in [-0.05, 0) is 68.7 Å². The smallest absolute Gasteiger partial charge is 0.147 e. The number of nitrogens with one attached hydrogen (secondary N) is 1.